The highest BCUT2D eigenvalue weighted by Crippen LogP contribution is 2.45. The van der Waals surface area contributed by atoms with Gasteiger partial charge in [0.1, 0.15) is 0 Å². The van der Waals surface area contributed by atoms with Crippen LogP contribution in [0.4, 0.5) is 0 Å². The standard InChI is InChI=1S/C13H26N2OS/c1-11(2)10-16-8-7-15-12(9-14)13(17-3)5-4-6-13/h12,15H,1,4-10,14H2,2-3H3. The van der Waals surface area contributed by atoms with Gasteiger partial charge in [-0.05, 0) is 26.0 Å². The zero-order chi connectivity index (χ0) is 12.7. The van der Waals surface area contributed by atoms with Gasteiger partial charge in [0.2, 0.25) is 0 Å². The Labute approximate surface area is 110 Å². The van der Waals surface area contributed by atoms with Gasteiger partial charge in [-0.3, -0.25) is 0 Å². The van der Waals surface area contributed by atoms with Crippen LogP contribution in [0.3, 0.4) is 0 Å². The lowest BCUT2D eigenvalue weighted by molar-refractivity contribution is 0.150. The van der Waals surface area contributed by atoms with Gasteiger partial charge in [-0.2, -0.15) is 11.8 Å². The van der Waals surface area contributed by atoms with E-state index in [1.54, 1.807) is 0 Å². The zero-order valence-corrected chi connectivity index (χ0v) is 11.9. The molecule has 0 aromatic rings. The Bertz CT molecular complexity index is 236. The van der Waals surface area contributed by atoms with E-state index in [9.17, 15) is 0 Å². The molecule has 17 heavy (non-hydrogen) atoms. The molecule has 0 bridgehead atoms. The third-order valence-corrected chi connectivity index (χ3v) is 4.97. The highest BCUT2D eigenvalue weighted by molar-refractivity contribution is 8.00. The van der Waals surface area contributed by atoms with E-state index in [4.69, 9.17) is 10.5 Å². The Morgan fingerprint density at radius 3 is 2.71 bits per heavy atom. The van der Waals surface area contributed by atoms with Crippen molar-refractivity contribution < 1.29 is 4.74 Å². The van der Waals surface area contributed by atoms with Gasteiger partial charge in [0.05, 0.1) is 13.2 Å². The van der Waals surface area contributed by atoms with Crippen LogP contribution in [-0.2, 0) is 4.74 Å². The van der Waals surface area contributed by atoms with E-state index < -0.39 is 0 Å². The molecule has 1 aliphatic rings. The molecular weight excluding hydrogens is 232 g/mol. The Balaban J connectivity index is 2.21. The topological polar surface area (TPSA) is 47.3 Å². The maximum atomic E-state index is 5.88. The fourth-order valence-corrected chi connectivity index (χ4v) is 3.42. The van der Waals surface area contributed by atoms with Gasteiger partial charge in [-0.25, -0.2) is 0 Å². The van der Waals surface area contributed by atoms with Gasteiger partial charge in [-0.15, -0.1) is 0 Å². The summed E-state index contributed by atoms with van der Waals surface area (Å²) in [5.74, 6) is 0. The van der Waals surface area contributed by atoms with Gasteiger partial charge >= 0.3 is 0 Å². The van der Waals surface area contributed by atoms with E-state index in [0.29, 0.717) is 23.9 Å². The van der Waals surface area contributed by atoms with E-state index in [-0.39, 0.29) is 0 Å². The Kier molecular flexibility index (Phi) is 6.55. The molecule has 1 rings (SSSR count). The van der Waals surface area contributed by atoms with E-state index in [0.717, 1.165) is 18.7 Å². The van der Waals surface area contributed by atoms with Crippen molar-refractivity contribution in [1.82, 2.24) is 5.32 Å². The summed E-state index contributed by atoms with van der Waals surface area (Å²) in [7, 11) is 0. The van der Waals surface area contributed by atoms with Gasteiger partial charge < -0.3 is 15.8 Å². The maximum Gasteiger partial charge on any atom is 0.0672 e. The molecule has 0 heterocycles. The lowest BCUT2D eigenvalue weighted by Gasteiger charge is -2.46. The predicted octanol–water partition coefficient (Wildman–Crippen LogP) is 1.78. The second-order valence-electron chi connectivity index (χ2n) is 4.87. The van der Waals surface area contributed by atoms with Crippen LogP contribution in [0.2, 0.25) is 0 Å². The van der Waals surface area contributed by atoms with Crippen molar-refractivity contribution in [2.24, 2.45) is 5.73 Å². The smallest absolute Gasteiger partial charge is 0.0672 e. The molecule has 4 heteroatoms. The number of hydrogen-bond acceptors (Lipinski definition) is 4. The fraction of sp³-hybridized carbons (Fsp3) is 0.846. The molecule has 0 spiro atoms. The molecule has 1 aliphatic carbocycles. The van der Waals surface area contributed by atoms with Crippen molar-refractivity contribution >= 4 is 11.8 Å². The van der Waals surface area contributed by atoms with Crippen molar-refractivity contribution in [1.29, 1.82) is 0 Å². The third-order valence-electron chi connectivity index (χ3n) is 3.46. The molecule has 1 saturated carbocycles. The van der Waals surface area contributed by atoms with Crippen LogP contribution in [-0.4, -0.2) is 43.3 Å². The minimum Gasteiger partial charge on any atom is -0.376 e. The minimum atomic E-state index is 0.378. The summed E-state index contributed by atoms with van der Waals surface area (Å²) in [5, 5.41) is 3.54. The van der Waals surface area contributed by atoms with Crippen LogP contribution < -0.4 is 11.1 Å². The van der Waals surface area contributed by atoms with E-state index in [1.807, 2.05) is 18.7 Å². The molecule has 1 atom stereocenters. The first-order valence-electron chi connectivity index (χ1n) is 6.35. The molecule has 0 radical (unpaired) electrons. The Hall–Kier alpha value is -0.0300. The van der Waals surface area contributed by atoms with Gasteiger partial charge in [0.15, 0.2) is 0 Å². The average Bonchev–Trinajstić information content (AvgIpc) is 2.24. The van der Waals surface area contributed by atoms with Gasteiger partial charge in [0, 0.05) is 23.9 Å². The highest BCUT2D eigenvalue weighted by Gasteiger charge is 2.42. The van der Waals surface area contributed by atoms with Crippen molar-refractivity contribution in [2.45, 2.75) is 37.0 Å². The van der Waals surface area contributed by atoms with Crippen LogP contribution in [0.1, 0.15) is 26.2 Å². The van der Waals surface area contributed by atoms with Gasteiger partial charge in [-0.1, -0.05) is 18.6 Å². The summed E-state index contributed by atoms with van der Waals surface area (Å²) in [6, 6.07) is 0.416. The van der Waals surface area contributed by atoms with Crippen LogP contribution in [0.5, 0.6) is 0 Å². The number of rotatable bonds is 9. The first kappa shape index (κ1) is 15.0. The first-order chi connectivity index (χ1) is 8.14. The van der Waals surface area contributed by atoms with Crippen molar-refractivity contribution in [3.8, 4) is 0 Å². The number of hydrogen-bond donors (Lipinski definition) is 2. The number of ether oxygens (including phenoxy) is 1. The molecular formula is C13H26N2OS. The van der Waals surface area contributed by atoms with Crippen molar-refractivity contribution in [2.75, 3.05) is 32.6 Å². The minimum absolute atomic E-state index is 0.378. The molecule has 1 unspecified atom stereocenters. The molecule has 3 N–H and O–H groups in total. The first-order valence-corrected chi connectivity index (χ1v) is 7.58. The number of nitrogens with two attached hydrogens (primary N) is 1. The fourth-order valence-electron chi connectivity index (χ4n) is 2.26. The summed E-state index contributed by atoms with van der Waals surface area (Å²) < 4.78 is 5.86. The molecule has 0 saturated heterocycles. The zero-order valence-electron chi connectivity index (χ0n) is 11.1. The van der Waals surface area contributed by atoms with E-state index >= 15 is 0 Å². The lowest BCUT2D eigenvalue weighted by atomic mass is 9.78. The average molecular weight is 258 g/mol. The summed E-state index contributed by atoms with van der Waals surface area (Å²) >= 11 is 1.96. The number of nitrogens with one attached hydrogen (secondary N) is 1. The molecule has 100 valence electrons. The molecule has 0 aliphatic heterocycles. The molecule has 3 nitrogen and oxygen atoms in total. The lowest BCUT2D eigenvalue weighted by Crippen LogP contribution is -2.56. The Morgan fingerprint density at radius 1 is 1.59 bits per heavy atom. The second-order valence-corrected chi connectivity index (χ2v) is 6.10. The van der Waals surface area contributed by atoms with Crippen LogP contribution in [0.25, 0.3) is 0 Å². The van der Waals surface area contributed by atoms with E-state index in [1.165, 1.54) is 19.3 Å². The molecule has 0 amide bonds. The summed E-state index contributed by atoms with van der Waals surface area (Å²) in [6.45, 7) is 8.76. The van der Waals surface area contributed by atoms with Crippen LogP contribution in [0, 0.1) is 0 Å². The van der Waals surface area contributed by atoms with Crippen molar-refractivity contribution in [3.63, 3.8) is 0 Å². The molecule has 0 aromatic heterocycles. The second kappa shape index (κ2) is 7.41. The van der Waals surface area contributed by atoms with Crippen molar-refractivity contribution in [3.05, 3.63) is 12.2 Å². The Morgan fingerprint density at radius 2 is 2.29 bits per heavy atom. The normalized spacial score (nSPS) is 19.7. The molecule has 1 fully saturated rings. The monoisotopic (exact) mass is 258 g/mol. The van der Waals surface area contributed by atoms with E-state index in [2.05, 4.69) is 18.2 Å². The predicted molar refractivity (Wildman–Crippen MR) is 76.6 cm³/mol. The highest BCUT2D eigenvalue weighted by atomic mass is 32.2. The quantitative estimate of drug-likeness (QED) is 0.489. The number of thioether (sulfide) groups is 1. The maximum absolute atomic E-state index is 5.88. The summed E-state index contributed by atoms with van der Waals surface area (Å²) in [5.41, 5.74) is 6.95. The van der Waals surface area contributed by atoms with Crippen LogP contribution >= 0.6 is 11.8 Å². The van der Waals surface area contributed by atoms with Crippen LogP contribution in [0.15, 0.2) is 12.2 Å². The summed E-state index contributed by atoms with van der Waals surface area (Å²) in [6.07, 6.45) is 6.11. The SMILES string of the molecule is C=C(C)COCCNC(CN)C1(SC)CCC1. The molecule has 0 aromatic carbocycles. The third kappa shape index (κ3) is 4.28. The van der Waals surface area contributed by atoms with Gasteiger partial charge in [0.25, 0.3) is 0 Å². The largest absolute Gasteiger partial charge is 0.376 e. The summed E-state index contributed by atoms with van der Waals surface area (Å²) in [4.78, 5) is 0.